The molecule has 6 heteroatoms. The molecular weight excluding hydrogens is 194 g/mol. The molecule has 0 fully saturated rings. The maximum absolute atomic E-state index is 10.4. The Morgan fingerprint density at radius 3 is 2.80 bits per heavy atom. The number of nitriles is 1. The summed E-state index contributed by atoms with van der Waals surface area (Å²) >= 11 is 0. The summed E-state index contributed by atoms with van der Waals surface area (Å²) in [6.45, 7) is 0. The van der Waals surface area contributed by atoms with E-state index in [9.17, 15) is 4.79 Å². The second-order valence-corrected chi connectivity index (χ2v) is 2.69. The fourth-order valence-electron chi connectivity index (χ4n) is 1.03. The average molecular weight is 199 g/mol. The van der Waals surface area contributed by atoms with Crippen LogP contribution in [0.4, 0.5) is 0 Å². The van der Waals surface area contributed by atoms with E-state index in [4.69, 9.17) is 5.26 Å². The smallest absolute Gasteiger partial charge is 0.252 e. The molecule has 0 bridgehead atoms. The van der Waals surface area contributed by atoms with Gasteiger partial charge in [-0.25, -0.2) is 14.6 Å². The van der Waals surface area contributed by atoms with Crippen LogP contribution in [0.15, 0.2) is 24.7 Å². The standard InChI is InChI=1S/C9H5N5O/c10-3-8-12-6-14(13-8)9-2-1-7(5-15)4-11-9/h1-2,4-6H. The summed E-state index contributed by atoms with van der Waals surface area (Å²) in [6.07, 6.45) is 3.52. The van der Waals surface area contributed by atoms with Crippen molar-refractivity contribution >= 4 is 6.29 Å². The summed E-state index contributed by atoms with van der Waals surface area (Å²) in [5.41, 5.74) is 0.486. The van der Waals surface area contributed by atoms with E-state index in [1.165, 1.54) is 17.2 Å². The monoisotopic (exact) mass is 199 g/mol. The summed E-state index contributed by atoms with van der Waals surface area (Å²) in [7, 11) is 0. The lowest BCUT2D eigenvalue weighted by Crippen LogP contribution is -1.98. The maximum Gasteiger partial charge on any atom is 0.252 e. The zero-order valence-corrected chi connectivity index (χ0v) is 7.53. The number of nitrogens with zero attached hydrogens (tertiary/aromatic N) is 5. The second-order valence-electron chi connectivity index (χ2n) is 2.69. The molecule has 0 saturated carbocycles. The van der Waals surface area contributed by atoms with Gasteiger partial charge in [0.05, 0.1) is 0 Å². The van der Waals surface area contributed by atoms with Gasteiger partial charge in [-0.1, -0.05) is 0 Å². The predicted octanol–water partition coefficient (Wildman–Crippen LogP) is 0.346. The summed E-state index contributed by atoms with van der Waals surface area (Å²) in [4.78, 5) is 18.1. The van der Waals surface area contributed by atoms with Crippen molar-refractivity contribution in [2.45, 2.75) is 0 Å². The van der Waals surface area contributed by atoms with Crippen LogP contribution in [-0.2, 0) is 0 Å². The molecule has 0 aliphatic heterocycles. The summed E-state index contributed by atoms with van der Waals surface area (Å²) in [5.74, 6) is 0.589. The van der Waals surface area contributed by atoms with Crippen LogP contribution in [0.5, 0.6) is 0 Å². The highest BCUT2D eigenvalue weighted by molar-refractivity contribution is 5.74. The molecule has 0 aliphatic rings. The van der Waals surface area contributed by atoms with E-state index in [2.05, 4.69) is 15.1 Å². The molecule has 6 nitrogen and oxygen atoms in total. The summed E-state index contributed by atoms with van der Waals surface area (Å²) < 4.78 is 1.37. The van der Waals surface area contributed by atoms with Crippen LogP contribution in [0.3, 0.4) is 0 Å². The Balaban J connectivity index is 2.37. The normalized spacial score (nSPS) is 9.53. The number of rotatable bonds is 2. The van der Waals surface area contributed by atoms with Crippen molar-refractivity contribution < 1.29 is 4.79 Å². The van der Waals surface area contributed by atoms with Crippen molar-refractivity contribution in [3.63, 3.8) is 0 Å². The average Bonchev–Trinajstić information content (AvgIpc) is 2.78. The molecule has 0 spiro atoms. The molecule has 0 amide bonds. The van der Waals surface area contributed by atoms with E-state index < -0.39 is 0 Å². The molecule has 2 aromatic rings. The molecule has 0 aliphatic carbocycles. The molecule has 0 atom stereocenters. The van der Waals surface area contributed by atoms with Gasteiger partial charge in [-0.2, -0.15) is 5.26 Å². The highest BCUT2D eigenvalue weighted by Crippen LogP contribution is 2.02. The first-order valence-corrected chi connectivity index (χ1v) is 4.07. The Morgan fingerprint density at radius 1 is 1.40 bits per heavy atom. The second kappa shape index (κ2) is 3.67. The van der Waals surface area contributed by atoms with Crippen molar-refractivity contribution in [3.05, 3.63) is 36.0 Å². The van der Waals surface area contributed by atoms with Gasteiger partial charge in [0.1, 0.15) is 12.4 Å². The zero-order valence-electron chi connectivity index (χ0n) is 7.53. The number of carbonyl (C=O) groups excluding carboxylic acids is 1. The lowest BCUT2D eigenvalue weighted by atomic mass is 10.3. The van der Waals surface area contributed by atoms with Gasteiger partial charge in [0.2, 0.25) is 0 Å². The maximum atomic E-state index is 10.4. The number of hydrogen-bond donors (Lipinski definition) is 0. The van der Waals surface area contributed by atoms with E-state index in [0.717, 1.165) is 0 Å². The third-order valence-electron chi connectivity index (χ3n) is 1.73. The molecule has 2 aromatic heterocycles. The Bertz CT molecular complexity index is 522. The molecule has 2 heterocycles. The van der Waals surface area contributed by atoms with Crippen LogP contribution in [0, 0.1) is 11.3 Å². The minimum Gasteiger partial charge on any atom is -0.298 e. The number of aldehydes is 1. The van der Waals surface area contributed by atoms with E-state index in [1.807, 2.05) is 6.07 Å². The van der Waals surface area contributed by atoms with Crippen molar-refractivity contribution in [3.8, 4) is 11.9 Å². The van der Waals surface area contributed by atoms with Gasteiger partial charge in [0.15, 0.2) is 12.1 Å². The molecule has 0 unspecified atom stereocenters. The molecule has 15 heavy (non-hydrogen) atoms. The van der Waals surface area contributed by atoms with Crippen molar-refractivity contribution in [2.24, 2.45) is 0 Å². The van der Waals surface area contributed by atoms with Gasteiger partial charge >= 0.3 is 0 Å². The number of aromatic nitrogens is 4. The van der Waals surface area contributed by atoms with Gasteiger partial charge in [0.25, 0.3) is 5.82 Å². The third-order valence-corrected chi connectivity index (χ3v) is 1.73. The first-order chi connectivity index (χ1) is 7.33. The fraction of sp³-hybridized carbons (Fsp3) is 0. The highest BCUT2D eigenvalue weighted by atomic mass is 16.1. The number of pyridine rings is 1. The predicted molar refractivity (Wildman–Crippen MR) is 49.3 cm³/mol. The van der Waals surface area contributed by atoms with E-state index in [-0.39, 0.29) is 5.82 Å². The van der Waals surface area contributed by atoms with Gasteiger partial charge in [-0.3, -0.25) is 4.79 Å². The number of carbonyl (C=O) groups is 1. The van der Waals surface area contributed by atoms with Crippen molar-refractivity contribution in [2.75, 3.05) is 0 Å². The molecule has 0 aromatic carbocycles. The fourth-order valence-corrected chi connectivity index (χ4v) is 1.03. The quantitative estimate of drug-likeness (QED) is 0.651. The Hall–Kier alpha value is -2.55. The van der Waals surface area contributed by atoms with Crippen LogP contribution >= 0.6 is 0 Å². The van der Waals surface area contributed by atoms with Crippen LogP contribution in [0.2, 0.25) is 0 Å². The Labute approximate surface area is 84.8 Å². The molecule has 72 valence electrons. The minimum atomic E-state index is 0.0799. The molecule has 0 N–H and O–H groups in total. The largest absolute Gasteiger partial charge is 0.298 e. The summed E-state index contributed by atoms with van der Waals surface area (Å²) in [6, 6.07) is 5.05. The topological polar surface area (TPSA) is 84.5 Å². The minimum absolute atomic E-state index is 0.0799. The van der Waals surface area contributed by atoms with E-state index in [0.29, 0.717) is 17.7 Å². The van der Waals surface area contributed by atoms with Gasteiger partial charge < -0.3 is 0 Å². The Kier molecular flexibility index (Phi) is 2.21. The van der Waals surface area contributed by atoms with Gasteiger partial charge in [-0.05, 0) is 12.1 Å². The van der Waals surface area contributed by atoms with Crippen LogP contribution in [-0.4, -0.2) is 26.0 Å². The first-order valence-electron chi connectivity index (χ1n) is 4.07. The van der Waals surface area contributed by atoms with Crippen LogP contribution in [0.25, 0.3) is 5.82 Å². The Morgan fingerprint density at radius 2 is 2.27 bits per heavy atom. The number of hydrogen-bond acceptors (Lipinski definition) is 5. The van der Waals surface area contributed by atoms with Crippen LogP contribution in [0.1, 0.15) is 16.2 Å². The third kappa shape index (κ3) is 1.71. The van der Waals surface area contributed by atoms with Gasteiger partial charge in [-0.15, -0.1) is 5.10 Å². The SMILES string of the molecule is N#Cc1ncn(-c2ccc(C=O)cn2)n1. The molecule has 0 saturated heterocycles. The molecular formula is C9H5N5O. The molecule has 0 radical (unpaired) electrons. The zero-order chi connectivity index (χ0) is 10.7. The first kappa shape index (κ1) is 9.02. The highest BCUT2D eigenvalue weighted by Gasteiger charge is 2.02. The van der Waals surface area contributed by atoms with Crippen molar-refractivity contribution in [1.82, 2.24) is 19.7 Å². The van der Waals surface area contributed by atoms with E-state index in [1.54, 1.807) is 12.1 Å². The van der Waals surface area contributed by atoms with Crippen molar-refractivity contribution in [1.29, 1.82) is 5.26 Å². The van der Waals surface area contributed by atoms with Gasteiger partial charge in [0, 0.05) is 11.8 Å². The van der Waals surface area contributed by atoms with E-state index >= 15 is 0 Å². The summed E-state index contributed by atoms with van der Waals surface area (Å²) in [5, 5.41) is 12.4. The van der Waals surface area contributed by atoms with Crippen LogP contribution < -0.4 is 0 Å². The lowest BCUT2D eigenvalue weighted by Gasteiger charge is -1.97. The lowest BCUT2D eigenvalue weighted by molar-refractivity contribution is 0.112. The molecule has 2 rings (SSSR count).